The first-order valence-electron chi connectivity index (χ1n) is 5.01. The molecule has 0 saturated carbocycles. The van der Waals surface area contributed by atoms with Gasteiger partial charge in [-0.3, -0.25) is 0 Å². The van der Waals surface area contributed by atoms with Crippen LogP contribution < -0.4 is 11.1 Å². The van der Waals surface area contributed by atoms with Crippen LogP contribution in [0.4, 0.5) is 0 Å². The van der Waals surface area contributed by atoms with E-state index in [2.05, 4.69) is 5.32 Å². The lowest BCUT2D eigenvalue weighted by Crippen LogP contribution is -2.57. The number of rotatable bonds is 5. The molecule has 1 unspecified atom stereocenters. The quantitative estimate of drug-likeness (QED) is 0.589. The van der Waals surface area contributed by atoms with Crippen molar-refractivity contribution in [3.63, 3.8) is 0 Å². The Bertz CT molecular complexity index is 281. The number of nitrogens with zero attached hydrogens (tertiary/aromatic N) is 1. The lowest BCUT2D eigenvalue weighted by atomic mass is 10.2. The second-order valence-electron chi connectivity index (χ2n) is 3.51. The summed E-state index contributed by atoms with van der Waals surface area (Å²) in [7, 11) is -1.72. The summed E-state index contributed by atoms with van der Waals surface area (Å²) in [6.07, 6.45) is 0. The Morgan fingerprint density at radius 3 is 2.93 bits per heavy atom. The van der Waals surface area contributed by atoms with E-state index >= 15 is 0 Å². The summed E-state index contributed by atoms with van der Waals surface area (Å²) in [4.78, 5) is 0. The topological polar surface area (TPSA) is 84.7 Å². The molecule has 15 heavy (non-hydrogen) atoms. The molecular formula is C8H19N3O3S. The van der Waals surface area contributed by atoms with Crippen molar-refractivity contribution in [1.82, 2.24) is 9.62 Å². The van der Waals surface area contributed by atoms with Crippen LogP contribution in [0, 0.1) is 0 Å². The van der Waals surface area contributed by atoms with Crippen LogP contribution in [0.3, 0.4) is 0 Å². The monoisotopic (exact) mass is 237 g/mol. The van der Waals surface area contributed by atoms with Gasteiger partial charge in [-0.25, -0.2) is 8.42 Å². The van der Waals surface area contributed by atoms with Gasteiger partial charge in [0.15, 0.2) is 0 Å². The van der Waals surface area contributed by atoms with Crippen molar-refractivity contribution in [3.8, 4) is 0 Å². The highest BCUT2D eigenvalue weighted by atomic mass is 32.2. The van der Waals surface area contributed by atoms with Gasteiger partial charge in [-0.2, -0.15) is 4.31 Å². The zero-order chi connectivity index (χ0) is 11.3. The maximum atomic E-state index is 11.9. The van der Waals surface area contributed by atoms with E-state index in [4.69, 9.17) is 10.5 Å². The Hall–Kier alpha value is -0.210. The summed E-state index contributed by atoms with van der Waals surface area (Å²) in [6.45, 7) is 2.38. The zero-order valence-corrected chi connectivity index (χ0v) is 9.79. The van der Waals surface area contributed by atoms with Crippen molar-refractivity contribution >= 4 is 10.0 Å². The highest BCUT2D eigenvalue weighted by Gasteiger charge is 2.30. The molecule has 3 N–H and O–H groups in total. The van der Waals surface area contributed by atoms with E-state index in [1.807, 2.05) is 0 Å². The summed E-state index contributed by atoms with van der Waals surface area (Å²) in [6, 6.07) is -0.124. The van der Waals surface area contributed by atoms with E-state index in [-0.39, 0.29) is 18.4 Å². The van der Waals surface area contributed by atoms with Gasteiger partial charge in [0.05, 0.1) is 12.4 Å². The van der Waals surface area contributed by atoms with Crippen LogP contribution in [0.25, 0.3) is 0 Å². The Morgan fingerprint density at radius 2 is 2.33 bits per heavy atom. The van der Waals surface area contributed by atoms with Gasteiger partial charge in [0.2, 0.25) is 10.0 Å². The number of ether oxygens (including phenoxy) is 1. The van der Waals surface area contributed by atoms with Crippen LogP contribution in [0.5, 0.6) is 0 Å². The molecule has 1 saturated heterocycles. The molecule has 1 heterocycles. The van der Waals surface area contributed by atoms with Crippen molar-refractivity contribution in [2.75, 3.05) is 45.6 Å². The van der Waals surface area contributed by atoms with Crippen LogP contribution >= 0.6 is 0 Å². The third-order valence-electron chi connectivity index (χ3n) is 2.47. The molecule has 1 atom stereocenters. The smallest absolute Gasteiger partial charge is 0.216 e. The summed E-state index contributed by atoms with van der Waals surface area (Å²) in [5.41, 5.74) is 5.54. The molecular weight excluding hydrogens is 218 g/mol. The molecule has 0 aromatic heterocycles. The summed E-state index contributed by atoms with van der Waals surface area (Å²) >= 11 is 0. The summed E-state index contributed by atoms with van der Waals surface area (Å²) in [5, 5.41) is 3.13. The highest BCUT2D eigenvalue weighted by Crippen LogP contribution is 2.09. The number of nitrogens with one attached hydrogen (secondary N) is 1. The molecule has 0 amide bonds. The highest BCUT2D eigenvalue weighted by molar-refractivity contribution is 7.89. The van der Waals surface area contributed by atoms with Gasteiger partial charge in [0.25, 0.3) is 0 Å². The molecule has 0 bridgehead atoms. The molecule has 0 spiro atoms. The van der Waals surface area contributed by atoms with E-state index in [0.29, 0.717) is 26.2 Å². The minimum Gasteiger partial charge on any atom is -0.384 e. The maximum Gasteiger partial charge on any atom is 0.216 e. The first-order valence-corrected chi connectivity index (χ1v) is 6.62. The van der Waals surface area contributed by atoms with Crippen molar-refractivity contribution < 1.29 is 13.2 Å². The second kappa shape index (κ2) is 5.76. The number of hydrogen-bond acceptors (Lipinski definition) is 5. The molecule has 1 aliphatic heterocycles. The van der Waals surface area contributed by atoms with Crippen molar-refractivity contribution in [2.45, 2.75) is 6.04 Å². The van der Waals surface area contributed by atoms with E-state index in [9.17, 15) is 8.42 Å². The zero-order valence-electron chi connectivity index (χ0n) is 8.98. The predicted molar refractivity (Wildman–Crippen MR) is 58.1 cm³/mol. The third-order valence-corrected chi connectivity index (χ3v) is 4.35. The average Bonchev–Trinajstić information content (AvgIpc) is 2.26. The fourth-order valence-corrected chi connectivity index (χ4v) is 3.21. The summed E-state index contributed by atoms with van der Waals surface area (Å²) < 4.78 is 30.0. The second-order valence-corrected chi connectivity index (χ2v) is 5.55. The number of piperazine rings is 1. The van der Waals surface area contributed by atoms with Gasteiger partial charge in [-0.15, -0.1) is 0 Å². The largest absolute Gasteiger partial charge is 0.384 e. The first kappa shape index (κ1) is 12.9. The molecule has 0 aliphatic carbocycles. The number of nitrogens with two attached hydrogens (primary N) is 1. The summed E-state index contributed by atoms with van der Waals surface area (Å²) in [5.74, 6) is 0.0278. The lowest BCUT2D eigenvalue weighted by Gasteiger charge is -2.34. The fourth-order valence-electron chi connectivity index (χ4n) is 1.62. The first-order chi connectivity index (χ1) is 7.11. The average molecular weight is 237 g/mol. The van der Waals surface area contributed by atoms with Gasteiger partial charge < -0.3 is 15.8 Å². The SMILES string of the molecule is COCCS(=O)(=O)N1CCNCC1CN. The van der Waals surface area contributed by atoms with E-state index < -0.39 is 10.0 Å². The lowest BCUT2D eigenvalue weighted by molar-refractivity contribution is 0.212. The van der Waals surface area contributed by atoms with Crippen LogP contribution in [-0.4, -0.2) is 64.4 Å². The minimum atomic E-state index is -3.22. The molecule has 0 aromatic rings. The standard InChI is InChI=1S/C8H19N3O3S/c1-14-4-5-15(12,13)11-3-2-10-7-8(11)6-9/h8,10H,2-7,9H2,1H3. The number of hydrogen-bond donors (Lipinski definition) is 2. The molecule has 0 radical (unpaired) electrons. The molecule has 7 heteroatoms. The molecule has 1 aliphatic rings. The van der Waals surface area contributed by atoms with E-state index in [1.54, 1.807) is 0 Å². The van der Waals surface area contributed by atoms with Gasteiger partial charge in [0, 0.05) is 39.3 Å². The Kier molecular flexibility index (Phi) is 4.94. The van der Waals surface area contributed by atoms with E-state index in [1.165, 1.54) is 11.4 Å². The molecule has 1 rings (SSSR count). The third kappa shape index (κ3) is 3.39. The maximum absolute atomic E-state index is 11.9. The molecule has 90 valence electrons. The van der Waals surface area contributed by atoms with Crippen molar-refractivity contribution in [2.24, 2.45) is 5.73 Å². The Balaban J connectivity index is 2.65. The van der Waals surface area contributed by atoms with Gasteiger partial charge in [-0.05, 0) is 0 Å². The Labute approximate surface area is 90.8 Å². The van der Waals surface area contributed by atoms with Crippen LogP contribution in [0.15, 0.2) is 0 Å². The fraction of sp³-hybridized carbons (Fsp3) is 1.00. The van der Waals surface area contributed by atoms with Gasteiger partial charge in [-0.1, -0.05) is 0 Å². The normalized spacial score (nSPS) is 24.3. The van der Waals surface area contributed by atoms with Gasteiger partial charge in [0.1, 0.15) is 0 Å². The molecule has 6 nitrogen and oxygen atoms in total. The van der Waals surface area contributed by atoms with Crippen molar-refractivity contribution in [1.29, 1.82) is 0 Å². The van der Waals surface area contributed by atoms with Gasteiger partial charge >= 0.3 is 0 Å². The van der Waals surface area contributed by atoms with Crippen molar-refractivity contribution in [3.05, 3.63) is 0 Å². The van der Waals surface area contributed by atoms with Crippen LogP contribution in [0.2, 0.25) is 0 Å². The van der Waals surface area contributed by atoms with E-state index in [0.717, 1.165) is 0 Å². The molecule has 1 fully saturated rings. The molecule has 0 aromatic carbocycles. The minimum absolute atomic E-state index is 0.0278. The van der Waals surface area contributed by atoms with Crippen LogP contribution in [0.1, 0.15) is 0 Å². The predicted octanol–water partition coefficient (Wildman–Crippen LogP) is -1.80. The number of sulfonamides is 1. The van der Waals surface area contributed by atoms with Crippen LogP contribution in [-0.2, 0) is 14.8 Å². The number of methoxy groups -OCH3 is 1. The Morgan fingerprint density at radius 1 is 1.60 bits per heavy atom.